The van der Waals surface area contributed by atoms with Crippen molar-refractivity contribution < 1.29 is 19.2 Å². The summed E-state index contributed by atoms with van der Waals surface area (Å²) < 4.78 is 19.2. The second kappa shape index (κ2) is 4.43. The van der Waals surface area contributed by atoms with Crippen molar-refractivity contribution in [2.24, 2.45) is 0 Å². The van der Waals surface area contributed by atoms with Gasteiger partial charge in [0.15, 0.2) is 10.6 Å². The summed E-state index contributed by atoms with van der Waals surface area (Å²) in [4.78, 5) is 12.2. The van der Waals surface area contributed by atoms with Crippen LogP contribution in [0.1, 0.15) is 15.2 Å². The van der Waals surface area contributed by atoms with Crippen LogP contribution in [0.25, 0.3) is 10.1 Å². The van der Waals surface area contributed by atoms with Crippen molar-refractivity contribution >= 4 is 33.1 Å². The van der Waals surface area contributed by atoms with Crippen LogP contribution in [0.4, 0.5) is 10.1 Å². The monoisotopic (exact) mass is 254 g/mol. The predicted molar refractivity (Wildman–Crippen MR) is 65.4 cm³/mol. The van der Waals surface area contributed by atoms with Crippen LogP contribution in [0.5, 0.6) is 0 Å². The Morgan fingerprint density at radius 3 is 2.76 bits per heavy atom. The highest BCUT2D eigenvalue weighted by atomic mass is 32.1. The fourth-order valence-electron chi connectivity index (χ4n) is 1.88. The quantitative estimate of drug-likeness (QED) is 0.832. The van der Waals surface area contributed by atoms with E-state index in [2.05, 4.69) is 0 Å². The lowest BCUT2D eigenvalue weighted by Crippen LogP contribution is -2.73. The van der Waals surface area contributed by atoms with Gasteiger partial charge >= 0.3 is 5.97 Å². The van der Waals surface area contributed by atoms with Gasteiger partial charge in [-0.05, 0) is 24.6 Å². The van der Waals surface area contributed by atoms with Gasteiger partial charge in [0.2, 0.25) is 0 Å². The molecule has 1 aromatic carbocycles. The number of fused-ring (bicyclic) bond motifs is 1. The second-order valence-corrected chi connectivity index (χ2v) is 4.72. The first-order chi connectivity index (χ1) is 8.10. The molecule has 0 aliphatic heterocycles. The van der Waals surface area contributed by atoms with Gasteiger partial charge in [-0.1, -0.05) is 0 Å². The molecule has 0 unspecified atom stereocenters. The number of benzene rings is 1. The van der Waals surface area contributed by atoms with Crippen molar-refractivity contribution in [3.05, 3.63) is 28.4 Å². The minimum absolute atomic E-state index is 0.255. The van der Waals surface area contributed by atoms with Gasteiger partial charge in [0, 0.05) is 4.70 Å². The minimum atomic E-state index is -0.376. The number of carbonyl (C=O) groups excluding carboxylic acids is 1. The first-order valence-corrected chi connectivity index (χ1v) is 6.01. The number of nitrogens with two attached hydrogens (primary N) is 1. The van der Waals surface area contributed by atoms with Crippen molar-refractivity contribution in [3.8, 4) is 0 Å². The molecule has 5 heteroatoms. The molecule has 1 heterocycles. The van der Waals surface area contributed by atoms with Crippen molar-refractivity contribution in [2.75, 3.05) is 14.2 Å². The number of hydrogen-bond acceptors (Lipinski definition) is 3. The Morgan fingerprint density at radius 2 is 2.18 bits per heavy atom. The Morgan fingerprint density at radius 1 is 1.47 bits per heavy atom. The van der Waals surface area contributed by atoms with Gasteiger partial charge in [0.25, 0.3) is 0 Å². The molecule has 0 amide bonds. The summed E-state index contributed by atoms with van der Waals surface area (Å²) in [5.74, 6) is -0.631. The van der Waals surface area contributed by atoms with Crippen LogP contribution in [0, 0.1) is 12.7 Å². The number of esters is 1. The Labute approximate surface area is 102 Å². The third-order valence-corrected chi connectivity index (χ3v) is 3.90. The van der Waals surface area contributed by atoms with Crippen LogP contribution in [-0.4, -0.2) is 20.1 Å². The van der Waals surface area contributed by atoms with E-state index in [9.17, 15) is 9.18 Å². The van der Waals surface area contributed by atoms with Crippen molar-refractivity contribution in [1.82, 2.24) is 0 Å². The van der Waals surface area contributed by atoms with E-state index >= 15 is 0 Å². The van der Waals surface area contributed by atoms with E-state index in [1.807, 2.05) is 12.4 Å². The smallest absolute Gasteiger partial charge is 0.354 e. The summed E-state index contributed by atoms with van der Waals surface area (Å²) in [6, 6.07) is 3.12. The molecule has 0 fully saturated rings. The first kappa shape index (κ1) is 12.0. The number of ether oxygens (including phenoxy) is 1. The molecule has 0 bridgehead atoms. The molecule has 0 aliphatic carbocycles. The summed E-state index contributed by atoms with van der Waals surface area (Å²) in [5.41, 5.74) is 1.33. The van der Waals surface area contributed by atoms with Crippen molar-refractivity contribution in [1.29, 1.82) is 0 Å². The van der Waals surface area contributed by atoms with Crippen LogP contribution in [0.2, 0.25) is 0 Å². The molecule has 2 N–H and O–H groups in total. The predicted octanol–water partition coefficient (Wildman–Crippen LogP) is 1.96. The maximum absolute atomic E-state index is 13.5. The van der Waals surface area contributed by atoms with Gasteiger partial charge in [-0.15, -0.1) is 11.3 Å². The highest BCUT2D eigenvalue weighted by molar-refractivity contribution is 7.21. The Bertz CT molecular complexity index is 592. The summed E-state index contributed by atoms with van der Waals surface area (Å²) in [5, 5.41) is 2.62. The highest BCUT2D eigenvalue weighted by Crippen LogP contribution is 2.36. The molecule has 0 saturated carbocycles. The molecular weight excluding hydrogens is 241 g/mol. The zero-order valence-electron chi connectivity index (χ0n) is 9.83. The van der Waals surface area contributed by atoms with Crippen LogP contribution >= 0.6 is 11.3 Å². The Hall–Kier alpha value is -1.46. The van der Waals surface area contributed by atoms with Gasteiger partial charge in [-0.3, -0.25) is 0 Å². The zero-order chi connectivity index (χ0) is 12.6. The molecule has 0 spiro atoms. The molecule has 0 atom stereocenters. The minimum Gasteiger partial charge on any atom is -0.465 e. The number of thiophene rings is 1. The maximum Gasteiger partial charge on any atom is 0.354 e. The number of halogens is 1. The van der Waals surface area contributed by atoms with E-state index in [1.165, 1.54) is 24.5 Å². The van der Waals surface area contributed by atoms with E-state index in [0.29, 0.717) is 10.4 Å². The van der Waals surface area contributed by atoms with Crippen molar-refractivity contribution in [2.45, 2.75) is 6.92 Å². The number of hydrogen-bond donors (Lipinski definition) is 1. The van der Waals surface area contributed by atoms with Crippen LogP contribution in [-0.2, 0) is 4.74 Å². The number of carbonyl (C=O) groups is 1. The summed E-state index contributed by atoms with van der Waals surface area (Å²) >= 11 is 1.33. The first-order valence-electron chi connectivity index (χ1n) is 5.19. The van der Waals surface area contributed by atoms with Crippen LogP contribution in [0.3, 0.4) is 0 Å². The van der Waals surface area contributed by atoms with Crippen LogP contribution < -0.4 is 5.32 Å². The SMILES string of the molecule is C[NH2+]c1c(C(=O)OC)sc2ccc(F)c(C)c12. The van der Waals surface area contributed by atoms with Gasteiger partial charge < -0.3 is 10.1 Å². The van der Waals surface area contributed by atoms with Crippen molar-refractivity contribution in [3.63, 3.8) is 0 Å². The molecule has 90 valence electrons. The van der Waals surface area contributed by atoms with Gasteiger partial charge in [-0.2, -0.15) is 0 Å². The van der Waals surface area contributed by atoms with E-state index in [0.717, 1.165) is 15.8 Å². The fourth-order valence-corrected chi connectivity index (χ4v) is 3.10. The average molecular weight is 254 g/mol. The zero-order valence-corrected chi connectivity index (χ0v) is 10.7. The van der Waals surface area contributed by atoms with Gasteiger partial charge in [0.1, 0.15) is 5.82 Å². The summed E-state index contributed by atoms with van der Waals surface area (Å²) in [7, 11) is 3.18. The third-order valence-electron chi connectivity index (χ3n) is 2.75. The Kier molecular flexibility index (Phi) is 3.13. The van der Waals surface area contributed by atoms with E-state index in [4.69, 9.17) is 4.74 Å². The Balaban J connectivity index is 2.81. The molecular formula is C12H13FNO2S+. The number of aryl methyl sites for hydroxylation is 1. The maximum atomic E-state index is 13.5. The molecule has 0 saturated heterocycles. The largest absolute Gasteiger partial charge is 0.465 e. The molecule has 2 rings (SSSR count). The molecule has 3 nitrogen and oxygen atoms in total. The van der Waals surface area contributed by atoms with Gasteiger partial charge in [-0.25, -0.2) is 9.18 Å². The molecule has 0 radical (unpaired) electrons. The number of methoxy groups -OCH3 is 1. The summed E-state index contributed by atoms with van der Waals surface area (Å²) in [6.07, 6.45) is 0. The molecule has 0 aliphatic rings. The number of rotatable bonds is 2. The molecule has 2 aromatic rings. The third kappa shape index (κ3) is 1.81. The normalized spacial score (nSPS) is 10.8. The second-order valence-electron chi connectivity index (χ2n) is 3.67. The van der Waals surface area contributed by atoms with E-state index in [-0.39, 0.29) is 11.8 Å². The standard InChI is InChI=1S/C12H12FNO2S/c1-6-7(13)4-5-8-9(6)10(14-2)11(17-8)12(15)16-3/h4-5,14H,1-3H3/p+1. The summed E-state index contributed by atoms with van der Waals surface area (Å²) in [6.45, 7) is 1.72. The lowest BCUT2D eigenvalue weighted by Gasteiger charge is -2.00. The fraction of sp³-hybridized carbons (Fsp3) is 0.250. The van der Waals surface area contributed by atoms with E-state index in [1.54, 1.807) is 13.0 Å². The lowest BCUT2D eigenvalue weighted by atomic mass is 10.1. The topological polar surface area (TPSA) is 42.9 Å². The van der Waals surface area contributed by atoms with Crippen LogP contribution in [0.15, 0.2) is 12.1 Å². The lowest BCUT2D eigenvalue weighted by molar-refractivity contribution is -0.537. The van der Waals surface area contributed by atoms with E-state index < -0.39 is 0 Å². The van der Waals surface area contributed by atoms with Gasteiger partial charge in [0.05, 0.1) is 19.5 Å². The molecule has 1 aromatic heterocycles. The highest BCUT2D eigenvalue weighted by Gasteiger charge is 2.23. The molecule has 17 heavy (non-hydrogen) atoms. The average Bonchev–Trinajstić information content (AvgIpc) is 2.72. The number of quaternary nitrogens is 1.